The minimum absolute atomic E-state index is 0. The molecule has 8 nitrogen and oxygen atoms in total. The summed E-state index contributed by atoms with van der Waals surface area (Å²) in [4.78, 5) is 26.6. The van der Waals surface area contributed by atoms with E-state index in [1.807, 2.05) is 43.3 Å². The van der Waals surface area contributed by atoms with Gasteiger partial charge in [0.1, 0.15) is 23.2 Å². The van der Waals surface area contributed by atoms with Crippen LogP contribution in [0.1, 0.15) is 33.3 Å². The molecule has 0 saturated heterocycles. The van der Waals surface area contributed by atoms with Crippen molar-refractivity contribution in [3.05, 3.63) is 62.9 Å². The summed E-state index contributed by atoms with van der Waals surface area (Å²) in [6.07, 6.45) is 2.32. The summed E-state index contributed by atoms with van der Waals surface area (Å²) in [6.45, 7) is 2.39. The first-order valence-corrected chi connectivity index (χ1v) is 12.3. The highest BCUT2D eigenvalue weighted by atomic mass is 35.5. The number of likely N-dealkylation sites (N-methyl/N-ethyl adjacent to an activating group) is 1. The number of rotatable bonds is 9. The fourth-order valence-corrected chi connectivity index (χ4v) is 4.82. The standard InChI is InChI=1S/C24H28ClN5O3S.H2S/c1-26-9-8-20(21-5-4-12-34-21)33-17-7-6-16(19(25)13-17)15-30-11-10-29(2)22-18(23(30)31)14-27-24(28-22)32-3;/h4-7,12-14,20,26H,8-11,15H2,1-3H3;1H2/t20-;/m0./s1. The first-order chi connectivity index (χ1) is 16.5. The molecule has 1 N–H and O–H groups in total. The molecule has 188 valence electrons. The van der Waals surface area contributed by atoms with Crippen LogP contribution in [0.25, 0.3) is 0 Å². The van der Waals surface area contributed by atoms with Crippen molar-refractivity contribution in [3.63, 3.8) is 0 Å². The number of carbonyl (C=O) groups excluding carboxylic acids is 1. The van der Waals surface area contributed by atoms with Crippen molar-refractivity contribution in [1.29, 1.82) is 0 Å². The Kier molecular flexibility index (Phi) is 9.62. The molecule has 35 heavy (non-hydrogen) atoms. The Morgan fingerprint density at radius 3 is 2.80 bits per heavy atom. The number of methoxy groups -OCH3 is 1. The van der Waals surface area contributed by atoms with Crippen molar-refractivity contribution in [2.45, 2.75) is 19.1 Å². The zero-order valence-corrected chi connectivity index (χ0v) is 22.5. The predicted molar refractivity (Wildman–Crippen MR) is 145 cm³/mol. The van der Waals surface area contributed by atoms with E-state index in [9.17, 15) is 4.79 Å². The van der Waals surface area contributed by atoms with Gasteiger partial charge in [0, 0.05) is 49.2 Å². The Balaban J connectivity index is 0.00000342. The normalized spacial score (nSPS) is 14.1. The van der Waals surface area contributed by atoms with Crippen LogP contribution < -0.4 is 19.7 Å². The van der Waals surface area contributed by atoms with Gasteiger partial charge in [0.25, 0.3) is 5.91 Å². The van der Waals surface area contributed by atoms with Gasteiger partial charge in [0.05, 0.1) is 7.11 Å². The number of aromatic nitrogens is 2. The maximum atomic E-state index is 13.2. The molecule has 3 heterocycles. The number of halogens is 1. The van der Waals surface area contributed by atoms with Crippen LogP contribution >= 0.6 is 36.4 Å². The van der Waals surface area contributed by atoms with E-state index in [2.05, 4.69) is 26.7 Å². The van der Waals surface area contributed by atoms with Crippen molar-refractivity contribution in [2.75, 3.05) is 45.7 Å². The Labute approximate surface area is 221 Å². The molecule has 1 atom stereocenters. The number of fused-ring (bicyclic) bond motifs is 1. The molecule has 1 amide bonds. The van der Waals surface area contributed by atoms with Crippen LogP contribution in [0.4, 0.5) is 5.82 Å². The van der Waals surface area contributed by atoms with Gasteiger partial charge in [-0.1, -0.05) is 23.7 Å². The highest BCUT2D eigenvalue weighted by Gasteiger charge is 2.28. The lowest BCUT2D eigenvalue weighted by molar-refractivity contribution is 0.0754. The predicted octanol–water partition coefficient (Wildman–Crippen LogP) is 4.13. The van der Waals surface area contributed by atoms with Crippen molar-refractivity contribution >= 4 is 48.2 Å². The van der Waals surface area contributed by atoms with Crippen molar-refractivity contribution < 1.29 is 14.3 Å². The first-order valence-electron chi connectivity index (χ1n) is 11.0. The van der Waals surface area contributed by atoms with E-state index in [4.69, 9.17) is 21.1 Å². The van der Waals surface area contributed by atoms with Crippen LogP contribution in [0, 0.1) is 0 Å². The number of thiophene rings is 1. The summed E-state index contributed by atoms with van der Waals surface area (Å²) in [7, 11) is 5.34. The number of nitrogens with one attached hydrogen (secondary N) is 1. The van der Waals surface area contributed by atoms with E-state index < -0.39 is 0 Å². The molecule has 1 aromatic carbocycles. The summed E-state index contributed by atoms with van der Waals surface area (Å²) in [5, 5.41) is 5.79. The van der Waals surface area contributed by atoms with Gasteiger partial charge >= 0.3 is 6.01 Å². The molecule has 0 spiro atoms. The highest BCUT2D eigenvalue weighted by molar-refractivity contribution is 7.59. The van der Waals surface area contributed by atoms with E-state index in [1.165, 1.54) is 18.2 Å². The molecule has 4 rings (SSSR count). The third kappa shape index (κ3) is 6.38. The molecule has 0 saturated carbocycles. The van der Waals surface area contributed by atoms with Gasteiger partial charge in [-0.3, -0.25) is 4.79 Å². The van der Waals surface area contributed by atoms with E-state index in [1.54, 1.807) is 16.2 Å². The van der Waals surface area contributed by atoms with Gasteiger partial charge in [-0.25, -0.2) is 4.98 Å². The number of ether oxygens (including phenoxy) is 2. The van der Waals surface area contributed by atoms with Gasteiger partial charge in [0.15, 0.2) is 0 Å². The lowest BCUT2D eigenvalue weighted by Crippen LogP contribution is -2.33. The Morgan fingerprint density at radius 1 is 1.29 bits per heavy atom. The molecule has 0 fully saturated rings. The average Bonchev–Trinajstić information content (AvgIpc) is 3.36. The van der Waals surface area contributed by atoms with Crippen molar-refractivity contribution in [3.8, 4) is 11.8 Å². The lowest BCUT2D eigenvalue weighted by Gasteiger charge is -2.22. The van der Waals surface area contributed by atoms with Gasteiger partial charge in [0.2, 0.25) is 0 Å². The fraction of sp³-hybridized carbons (Fsp3) is 0.375. The van der Waals surface area contributed by atoms with Crippen LogP contribution in [0.5, 0.6) is 11.8 Å². The first kappa shape index (κ1) is 27.1. The second-order valence-corrected chi connectivity index (χ2v) is 9.40. The minimum atomic E-state index is -0.136. The molecule has 1 aliphatic rings. The molecular weight excluding hydrogens is 506 g/mol. The van der Waals surface area contributed by atoms with Crippen LogP contribution in [0.2, 0.25) is 5.02 Å². The molecule has 0 aliphatic carbocycles. The number of hydrogen-bond donors (Lipinski definition) is 1. The number of carbonyl (C=O) groups is 1. The summed E-state index contributed by atoms with van der Waals surface area (Å²) in [6, 6.07) is 10.0. The van der Waals surface area contributed by atoms with Crippen LogP contribution in [0.3, 0.4) is 0 Å². The van der Waals surface area contributed by atoms with Crippen LogP contribution in [0.15, 0.2) is 41.9 Å². The molecule has 0 unspecified atom stereocenters. The molecule has 1 aliphatic heterocycles. The Bertz CT molecular complexity index is 1130. The van der Waals surface area contributed by atoms with Gasteiger partial charge in [-0.05, 0) is 42.7 Å². The number of nitrogens with zero attached hydrogens (tertiary/aromatic N) is 4. The summed E-state index contributed by atoms with van der Waals surface area (Å²) < 4.78 is 11.4. The number of hydrogen-bond acceptors (Lipinski definition) is 8. The molecular formula is C24H30ClN5O3S2. The summed E-state index contributed by atoms with van der Waals surface area (Å²) >= 11 is 8.32. The number of amides is 1. The van der Waals surface area contributed by atoms with Crippen LogP contribution in [-0.2, 0) is 6.54 Å². The van der Waals surface area contributed by atoms with E-state index >= 15 is 0 Å². The minimum Gasteiger partial charge on any atom is -0.485 e. The number of benzene rings is 1. The zero-order valence-electron chi connectivity index (χ0n) is 20.0. The molecule has 3 aromatic rings. The third-order valence-corrected chi connectivity index (χ3v) is 7.01. The Hall–Kier alpha value is -2.53. The van der Waals surface area contributed by atoms with E-state index in [0.29, 0.717) is 41.8 Å². The van der Waals surface area contributed by atoms with Crippen molar-refractivity contribution in [1.82, 2.24) is 20.2 Å². The SMILES string of the molecule is CNCC[C@H](Oc1ccc(CN2CCN(C)c3nc(OC)ncc3C2=O)c(Cl)c1)c1cccs1.S. The third-order valence-electron chi connectivity index (χ3n) is 5.69. The van der Waals surface area contributed by atoms with E-state index in [0.717, 1.165) is 18.5 Å². The zero-order chi connectivity index (χ0) is 24.1. The number of anilines is 1. The van der Waals surface area contributed by atoms with Crippen molar-refractivity contribution in [2.24, 2.45) is 0 Å². The summed E-state index contributed by atoms with van der Waals surface area (Å²) in [5.74, 6) is 1.13. The molecule has 0 radical (unpaired) electrons. The second kappa shape index (κ2) is 12.4. The van der Waals surface area contributed by atoms with Gasteiger partial charge in [-0.15, -0.1) is 11.3 Å². The maximum absolute atomic E-state index is 13.2. The largest absolute Gasteiger partial charge is 0.485 e. The quantitative estimate of drug-likeness (QED) is 0.441. The summed E-state index contributed by atoms with van der Waals surface area (Å²) in [5.41, 5.74) is 1.30. The molecule has 11 heteroatoms. The smallest absolute Gasteiger partial charge is 0.318 e. The molecule has 0 bridgehead atoms. The topological polar surface area (TPSA) is 79.8 Å². The van der Waals surface area contributed by atoms with Gasteiger partial charge in [-0.2, -0.15) is 18.5 Å². The van der Waals surface area contributed by atoms with Gasteiger partial charge < -0.3 is 24.6 Å². The van der Waals surface area contributed by atoms with Crippen LogP contribution in [-0.4, -0.2) is 61.6 Å². The van der Waals surface area contributed by atoms with E-state index in [-0.39, 0.29) is 31.5 Å². The lowest BCUT2D eigenvalue weighted by atomic mass is 10.1. The average molecular weight is 536 g/mol. The monoisotopic (exact) mass is 535 g/mol. The molecule has 2 aromatic heterocycles. The Morgan fingerprint density at radius 2 is 2.11 bits per heavy atom. The maximum Gasteiger partial charge on any atom is 0.318 e. The fourth-order valence-electron chi connectivity index (χ4n) is 3.81. The highest BCUT2D eigenvalue weighted by Crippen LogP contribution is 2.32. The second-order valence-electron chi connectivity index (χ2n) is 8.01.